The molecule has 0 bridgehead atoms. The van der Waals surface area contributed by atoms with Crippen molar-refractivity contribution in [3.8, 4) is 0 Å². The summed E-state index contributed by atoms with van der Waals surface area (Å²) in [7, 11) is 0. The van der Waals surface area contributed by atoms with Crippen molar-refractivity contribution < 1.29 is 9.53 Å². The topological polar surface area (TPSA) is 26.3 Å². The largest absolute Gasteiger partial charge is 0.408 e. The van der Waals surface area contributed by atoms with Crippen LogP contribution in [0.5, 0.6) is 0 Å². The number of hydrogen-bond donors (Lipinski definition) is 1. The fourth-order valence-corrected chi connectivity index (χ4v) is 0.391. The zero-order valence-corrected chi connectivity index (χ0v) is 7.88. The van der Waals surface area contributed by atoms with E-state index in [0.29, 0.717) is 0 Å². The second kappa shape index (κ2) is 3.34. The van der Waals surface area contributed by atoms with Crippen molar-refractivity contribution in [1.82, 2.24) is 0 Å². The van der Waals surface area contributed by atoms with Gasteiger partial charge in [-0.1, -0.05) is 12.6 Å². The van der Waals surface area contributed by atoms with Crippen molar-refractivity contribution in [2.24, 2.45) is 5.41 Å². The zero-order chi connectivity index (χ0) is 8.36. The summed E-state index contributed by atoms with van der Waals surface area (Å²) in [5, 5.41) is 0. The minimum atomic E-state index is -0.507. The minimum Gasteiger partial charge on any atom is -0.408 e. The Bertz CT molecular complexity index is 158. The Balaban J connectivity index is 3.99. The first-order chi connectivity index (χ1) is 4.34. The number of hydrogen-bond acceptors (Lipinski definition) is 3. The quantitative estimate of drug-likeness (QED) is 0.348. The molecule has 0 aliphatic heterocycles. The molecule has 0 saturated carbocycles. The van der Waals surface area contributed by atoms with Crippen LogP contribution >= 0.6 is 24.8 Å². The number of esters is 1. The highest BCUT2D eigenvalue weighted by atomic mass is 32.1. The van der Waals surface area contributed by atoms with Crippen LogP contribution in [0.4, 0.5) is 0 Å². The monoisotopic (exact) mass is 178 g/mol. The maximum Gasteiger partial charge on any atom is 0.317 e. The molecule has 58 valence electrons. The Labute approximate surface area is 71.4 Å². The van der Waals surface area contributed by atoms with Crippen molar-refractivity contribution in [2.75, 3.05) is 0 Å². The van der Waals surface area contributed by atoms with Gasteiger partial charge < -0.3 is 4.74 Å². The molecule has 0 saturated heterocycles. The molecule has 0 aromatic carbocycles. The second-order valence-corrected chi connectivity index (χ2v) is 3.98. The number of carbonyl (C=O) groups is 1. The van der Waals surface area contributed by atoms with E-state index in [-0.39, 0.29) is 10.4 Å². The normalized spacial score (nSPS) is 10.8. The molecule has 0 N–H and O–H groups in total. The molecule has 0 radical (unpaired) electrons. The molecule has 2 nitrogen and oxygen atoms in total. The third-order valence-electron chi connectivity index (χ3n) is 0.792. The Morgan fingerprint density at radius 2 is 1.90 bits per heavy atom. The van der Waals surface area contributed by atoms with E-state index in [4.69, 9.17) is 0 Å². The lowest BCUT2D eigenvalue weighted by Gasteiger charge is -2.14. The van der Waals surface area contributed by atoms with Crippen LogP contribution in [-0.4, -0.2) is 10.4 Å². The van der Waals surface area contributed by atoms with Crippen LogP contribution in [0.25, 0.3) is 0 Å². The molecule has 0 rings (SSSR count). The van der Waals surface area contributed by atoms with Gasteiger partial charge in [0.15, 0.2) is 0 Å². The molecule has 0 amide bonds. The molecule has 0 aliphatic rings. The molecule has 0 unspecified atom stereocenters. The van der Waals surface area contributed by atoms with Gasteiger partial charge in [0, 0.05) is 0 Å². The summed E-state index contributed by atoms with van der Waals surface area (Å²) in [6, 6.07) is 0. The summed E-state index contributed by atoms with van der Waals surface area (Å²) in [6.07, 6.45) is 0. The molecule has 0 heterocycles. The number of ether oxygens (including phenoxy) is 1. The Hall–Kier alpha value is -0.0900. The lowest BCUT2D eigenvalue weighted by atomic mass is 9.98. The fraction of sp³-hybridized carbons (Fsp3) is 0.667. The smallest absolute Gasteiger partial charge is 0.317 e. The predicted molar refractivity (Wildman–Crippen MR) is 47.1 cm³/mol. The van der Waals surface area contributed by atoms with Gasteiger partial charge in [0.1, 0.15) is 0 Å². The van der Waals surface area contributed by atoms with Gasteiger partial charge in [-0.15, -0.1) is 0 Å². The predicted octanol–water partition coefficient (Wildman–Crippen LogP) is 1.79. The summed E-state index contributed by atoms with van der Waals surface area (Å²) in [4.78, 5) is 10.9. The summed E-state index contributed by atoms with van der Waals surface area (Å²) < 4.78 is 4.54. The molecular formula is C6H10O2S2. The Morgan fingerprint density at radius 3 is 2.00 bits per heavy atom. The van der Waals surface area contributed by atoms with E-state index in [9.17, 15) is 4.79 Å². The molecular weight excluding hydrogens is 168 g/mol. The lowest BCUT2D eigenvalue weighted by Crippen LogP contribution is -2.23. The number of rotatable bonds is 0. The highest BCUT2D eigenvalue weighted by Gasteiger charge is 2.23. The molecule has 0 aliphatic carbocycles. The Kier molecular flexibility index (Phi) is 3.31. The molecule has 0 atom stereocenters. The van der Waals surface area contributed by atoms with Gasteiger partial charge in [-0.2, -0.15) is 0 Å². The molecule has 0 aromatic heterocycles. The van der Waals surface area contributed by atoms with E-state index in [2.05, 4.69) is 29.6 Å². The maximum absolute atomic E-state index is 10.9. The molecule has 0 aromatic rings. The second-order valence-electron chi connectivity index (χ2n) is 2.91. The number of carbonyl (C=O) groups excluding carboxylic acids is 1. The molecule has 4 heteroatoms. The first-order valence-corrected chi connectivity index (χ1v) is 3.65. The van der Waals surface area contributed by atoms with Crippen molar-refractivity contribution in [3.05, 3.63) is 0 Å². The van der Waals surface area contributed by atoms with E-state index < -0.39 is 5.41 Å². The summed E-state index contributed by atoms with van der Waals surface area (Å²) in [6.45, 7) is 5.25. The summed E-state index contributed by atoms with van der Waals surface area (Å²) in [5.74, 6) is -0.354. The van der Waals surface area contributed by atoms with Crippen molar-refractivity contribution in [2.45, 2.75) is 20.8 Å². The average molecular weight is 178 g/mol. The average Bonchev–Trinajstić information content (AvgIpc) is 1.60. The van der Waals surface area contributed by atoms with E-state index in [0.717, 1.165) is 0 Å². The first kappa shape index (κ1) is 9.91. The van der Waals surface area contributed by atoms with E-state index >= 15 is 0 Å². The van der Waals surface area contributed by atoms with Crippen molar-refractivity contribution >= 4 is 35.2 Å². The van der Waals surface area contributed by atoms with Crippen LogP contribution in [0.1, 0.15) is 20.8 Å². The SMILES string of the molecule is CC(C)(C)C(=O)OC(=S)S. The summed E-state index contributed by atoms with van der Waals surface area (Å²) in [5.41, 5.74) is -0.507. The first-order valence-electron chi connectivity index (χ1n) is 2.79. The highest BCUT2D eigenvalue weighted by Crippen LogP contribution is 2.15. The van der Waals surface area contributed by atoms with Crippen molar-refractivity contribution in [1.29, 1.82) is 0 Å². The van der Waals surface area contributed by atoms with Crippen LogP contribution < -0.4 is 0 Å². The van der Waals surface area contributed by atoms with E-state index in [1.54, 1.807) is 20.8 Å². The van der Waals surface area contributed by atoms with E-state index in [1.165, 1.54) is 0 Å². The van der Waals surface area contributed by atoms with Gasteiger partial charge in [0.25, 0.3) is 0 Å². The van der Waals surface area contributed by atoms with Crippen LogP contribution in [0.15, 0.2) is 0 Å². The molecule has 0 fully saturated rings. The third-order valence-corrected chi connectivity index (χ3v) is 0.967. The zero-order valence-electron chi connectivity index (χ0n) is 6.17. The van der Waals surface area contributed by atoms with Crippen molar-refractivity contribution in [3.63, 3.8) is 0 Å². The van der Waals surface area contributed by atoms with Gasteiger partial charge in [0.2, 0.25) is 4.38 Å². The highest BCUT2D eigenvalue weighted by molar-refractivity contribution is 8.10. The van der Waals surface area contributed by atoms with Crippen LogP contribution in [0.2, 0.25) is 0 Å². The number of thiocarbonyl (C=S) groups is 1. The van der Waals surface area contributed by atoms with Crippen LogP contribution in [0.3, 0.4) is 0 Å². The summed E-state index contributed by atoms with van der Waals surface area (Å²) >= 11 is 8.12. The molecule has 10 heavy (non-hydrogen) atoms. The maximum atomic E-state index is 10.9. The van der Waals surface area contributed by atoms with Gasteiger partial charge in [-0.05, 0) is 33.0 Å². The van der Waals surface area contributed by atoms with Crippen LogP contribution in [-0.2, 0) is 9.53 Å². The molecule has 0 spiro atoms. The van der Waals surface area contributed by atoms with Crippen LogP contribution in [0, 0.1) is 5.41 Å². The number of thiol groups is 1. The van der Waals surface area contributed by atoms with E-state index in [1.807, 2.05) is 0 Å². The lowest BCUT2D eigenvalue weighted by molar-refractivity contribution is -0.143. The van der Waals surface area contributed by atoms with Gasteiger partial charge >= 0.3 is 5.97 Å². The fourth-order valence-electron chi connectivity index (χ4n) is 0.232. The minimum absolute atomic E-state index is 0.0278. The standard InChI is InChI=1S/C6H10O2S2/c1-6(2,3)4(7)8-5(9)10/h1-3H3,(H,9,10). The van der Waals surface area contributed by atoms with Gasteiger partial charge in [0.05, 0.1) is 5.41 Å². The van der Waals surface area contributed by atoms with Gasteiger partial charge in [-0.3, -0.25) is 4.79 Å². The van der Waals surface area contributed by atoms with Gasteiger partial charge in [-0.25, -0.2) is 0 Å². The Morgan fingerprint density at radius 1 is 1.50 bits per heavy atom. The third kappa shape index (κ3) is 3.85.